The van der Waals surface area contributed by atoms with Gasteiger partial charge < -0.3 is 10.2 Å². The minimum Gasteiger partial charge on any atom is -0.390 e. The fourth-order valence-corrected chi connectivity index (χ4v) is 5.40. The van der Waals surface area contributed by atoms with Crippen molar-refractivity contribution in [2.45, 2.75) is 77.9 Å². The highest BCUT2D eigenvalue weighted by Gasteiger charge is 2.56. The van der Waals surface area contributed by atoms with Crippen molar-refractivity contribution in [3.63, 3.8) is 0 Å². The summed E-state index contributed by atoms with van der Waals surface area (Å²) in [7, 11) is 0. The molecule has 2 fully saturated rings. The van der Waals surface area contributed by atoms with E-state index >= 15 is 0 Å². The molecule has 0 spiro atoms. The van der Waals surface area contributed by atoms with Crippen molar-refractivity contribution in [3.05, 3.63) is 23.3 Å². The molecule has 2 bridgehead atoms. The number of aliphatic hydroxyl groups is 2. The Balaban J connectivity index is 2.04. The maximum atomic E-state index is 10.8. The zero-order chi connectivity index (χ0) is 16.1. The predicted molar refractivity (Wildman–Crippen MR) is 90.4 cm³/mol. The summed E-state index contributed by atoms with van der Waals surface area (Å²) in [4.78, 5) is 0. The van der Waals surface area contributed by atoms with Gasteiger partial charge in [-0.05, 0) is 44.9 Å². The largest absolute Gasteiger partial charge is 0.390 e. The van der Waals surface area contributed by atoms with Crippen LogP contribution in [-0.4, -0.2) is 22.4 Å². The van der Waals surface area contributed by atoms with Crippen molar-refractivity contribution >= 4 is 0 Å². The van der Waals surface area contributed by atoms with Gasteiger partial charge in [0.15, 0.2) is 0 Å². The van der Waals surface area contributed by atoms with E-state index in [0.29, 0.717) is 5.92 Å². The first-order valence-corrected chi connectivity index (χ1v) is 9.09. The summed E-state index contributed by atoms with van der Waals surface area (Å²) in [6, 6.07) is 0. The topological polar surface area (TPSA) is 40.5 Å². The molecule has 0 saturated heterocycles. The third-order valence-electron chi connectivity index (χ3n) is 6.97. The standard InChI is InChI=1S/C20H32O2/c1-12-6-5-7-13(2)15-10-11-20(4)17(15)14(3)16(9-8-12)18(21)19(20)22/h12,16-19,21-22H,3,5-11H2,1-2,4H3/b15-13-/t12-,16-,17+,18-,19-,20-/m0/s1. The number of hydrogen-bond donors (Lipinski definition) is 2. The summed E-state index contributed by atoms with van der Waals surface area (Å²) in [5, 5.41) is 21.6. The average molecular weight is 304 g/mol. The van der Waals surface area contributed by atoms with Gasteiger partial charge in [0, 0.05) is 17.3 Å². The minimum atomic E-state index is -0.638. The third-order valence-corrected chi connectivity index (χ3v) is 6.97. The SMILES string of the molecule is C=C1[C@@H]2/C3=C(/C)CCC[C@H](C)CC[C@@H]1[C@H](O)[C@H](O)[C@@]2(C)CC3. The molecular formula is C20H32O2. The van der Waals surface area contributed by atoms with E-state index in [0.717, 1.165) is 25.7 Å². The zero-order valence-corrected chi connectivity index (χ0v) is 14.4. The van der Waals surface area contributed by atoms with Crippen LogP contribution in [0.3, 0.4) is 0 Å². The summed E-state index contributed by atoms with van der Waals surface area (Å²) in [6.07, 6.45) is 6.61. The third kappa shape index (κ3) is 2.39. The van der Waals surface area contributed by atoms with E-state index in [4.69, 9.17) is 0 Å². The fraction of sp³-hybridized carbons (Fsp3) is 0.800. The molecule has 0 aromatic rings. The first kappa shape index (κ1) is 16.3. The van der Waals surface area contributed by atoms with Crippen LogP contribution in [0.1, 0.15) is 65.7 Å². The maximum Gasteiger partial charge on any atom is 0.0869 e. The Kier molecular flexibility index (Phi) is 4.28. The van der Waals surface area contributed by atoms with E-state index in [1.165, 1.54) is 36.0 Å². The molecule has 0 aromatic carbocycles. The van der Waals surface area contributed by atoms with E-state index in [9.17, 15) is 10.2 Å². The average Bonchev–Trinajstić information content (AvgIpc) is 2.83. The monoisotopic (exact) mass is 304 g/mol. The second-order valence-corrected chi connectivity index (χ2v) is 8.44. The van der Waals surface area contributed by atoms with Crippen molar-refractivity contribution < 1.29 is 10.2 Å². The van der Waals surface area contributed by atoms with Crippen molar-refractivity contribution in [2.75, 3.05) is 0 Å². The Morgan fingerprint density at radius 3 is 2.59 bits per heavy atom. The first-order valence-electron chi connectivity index (χ1n) is 9.09. The van der Waals surface area contributed by atoms with Crippen LogP contribution in [0, 0.1) is 23.2 Å². The highest BCUT2D eigenvalue weighted by atomic mass is 16.3. The molecule has 2 N–H and O–H groups in total. The molecule has 2 heteroatoms. The van der Waals surface area contributed by atoms with Gasteiger partial charge in [-0.15, -0.1) is 0 Å². The molecule has 3 rings (SSSR count). The van der Waals surface area contributed by atoms with Crippen LogP contribution < -0.4 is 0 Å². The van der Waals surface area contributed by atoms with E-state index in [2.05, 4.69) is 27.4 Å². The Morgan fingerprint density at radius 1 is 1.14 bits per heavy atom. The number of hydrogen-bond acceptors (Lipinski definition) is 2. The summed E-state index contributed by atoms with van der Waals surface area (Å²) in [5.74, 6) is 1.04. The lowest BCUT2D eigenvalue weighted by Crippen LogP contribution is -2.53. The van der Waals surface area contributed by atoms with Crippen molar-refractivity contribution in [1.29, 1.82) is 0 Å². The van der Waals surface area contributed by atoms with Crippen LogP contribution in [0.5, 0.6) is 0 Å². The zero-order valence-electron chi connectivity index (χ0n) is 14.4. The van der Waals surface area contributed by atoms with E-state index in [-0.39, 0.29) is 17.3 Å². The van der Waals surface area contributed by atoms with Crippen LogP contribution in [-0.2, 0) is 0 Å². The number of aliphatic hydroxyl groups excluding tert-OH is 2. The first-order chi connectivity index (χ1) is 10.4. The van der Waals surface area contributed by atoms with Gasteiger partial charge in [0.25, 0.3) is 0 Å². The summed E-state index contributed by atoms with van der Waals surface area (Å²) < 4.78 is 0. The molecular weight excluding hydrogens is 272 g/mol. The minimum absolute atomic E-state index is 0.0644. The second-order valence-electron chi connectivity index (χ2n) is 8.44. The highest BCUT2D eigenvalue weighted by Crippen LogP contribution is 2.59. The van der Waals surface area contributed by atoms with Gasteiger partial charge in [-0.1, -0.05) is 50.0 Å². The molecule has 0 aromatic heterocycles. The quantitative estimate of drug-likeness (QED) is 0.658. The molecule has 0 radical (unpaired) electrons. The molecule has 2 saturated carbocycles. The molecule has 2 nitrogen and oxygen atoms in total. The lowest BCUT2D eigenvalue weighted by molar-refractivity contribution is -0.109. The Morgan fingerprint density at radius 2 is 1.86 bits per heavy atom. The second kappa shape index (κ2) is 5.79. The molecule has 3 aliphatic rings. The van der Waals surface area contributed by atoms with Crippen LogP contribution in [0.25, 0.3) is 0 Å². The summed E-state index contributed by atoms with van der Waals surface area (Å²) in [5.41, 5.74) is 4.02. The van der Waals surface area contributed by atoms with E-state index < -0.39 is 12.2 Å². The van der Waals surface area contributed by atoms with Crippen molar-refractivity contribution in [3.8, 4) is 0 Å². The van der Waals surface area contributed by atoms with Crippen LogP contribution in [0.2, 0.25) is 0 Å². The molecule has 3 aliphatic carbocycles. The lowest BCUT2D eigenvalue weighted by atomic mass is 9.59. The van der Waals surface area contributed by atoms with Gasteiger partial charge in [-0.2, -0.15) is 0 Å². The lowest BCUT2D eigenvalue weighted by Gasteiger charge is -2.49. The van der Waals surface area contributed by atoms with Crippen LogP contribution in [0.15, 0.2) is 23.3 Å². The Labute approximate surface area is 135 Å². The molecule has 22 heavy (non-hydrogen) atoms. The molecule has 124 valence electrons. The van der Waals surface area contributed by atoms with E-state index in [1.54, 1.807) is 0 Å². The van der Waals surface area contributed by atoms with E-state index in [1.807, 2.05) is 0 Å². The smallest absolute Gasteiger partial charge is 0.0869 e. The maximum absolute atomic E-state index is 10.8. The van der Waals surface area contributed by atoms with Gasteiger partial charge in [0.1, 0.15) is 0 Å². The van der Waals surface area contributed by atoms with Crippen LogP contribution >= 0.6 is 0 Å². The molecule has 0 aliphatic heterocycles. The summed E-state index contributed by atoms with van der Waals surface area (Å²) >= 11 is 0. The van der Waals surface area contributed by atoms with Crippen molar-refractivity contribution in [1.82, 2.24) is 0 Å². The predicted octanol–water partition coefficient (Wildman–Crippen LogP) is 4.23. The molecule has 0 heterocycles. The van der Waals surface area contributed by atoms with Gasteiger partial charge in [-0.3, -0.25) is 0 Å². The number of fused-ring (bicyclic) bond motifs is 1. The summed E-state index contributed by atoms with van der Waals surface area (Å²) in [6.45, 7) is 11.2. The van der Waals surface area contributed by atoms with Gasteiger partial charge in [-0.25, -0.2) is 0 Å². The van der Waals surface area contributed by atoms with Gasteiger partial charge in [0.2, 0.25) is 0 Å². The van der Waals surface area contributed by atoms with Gasteiger partial charge >= 0.3 is 0 Å². The van der Waals surface area contributed by atoms with Crippen molar-refractivity contribution in [2.24, 2.45) is 23.2 Å². The molecule has 0 unspecified atom stereocenters. The Bertz CT molecular complexity index is 492. The van der Waals surface area contributed by atoms with Gasteiger partial charge in [0.05, 0.1) is 12.2 Å². The number of rotatable bonds is 0. The highest BCUT2D eigenvalue weighted by molar-refractivity contribution is 5.36. The molecule has 6 atom stereocenters. The van der Waals surface area contributed by atoms with Crippen LogP contribution in [0.4, 0.5) is 0 Å². The molecule has 0 amide bonds. The normalized spacial score (nSPS) is 49.9. The Hall–Kier alpha value is -0.600. The number of allylic oxidation sites excluding steroid dienone is 2. The fourth-order valence-electron chi connectivity index (χ4n) is 5.40.